The number of aromatic nitrogens is 1. The average Bonchev–Trinajstić information content (AvgIpc) is 2.25. The molecule has 1 heterocycles. The first kappa shape index (κ1) is 12.0. The Bertz CT molecular complexity index is 297. The molecule has 3 heteroatoms. The number of hydrogen-bond donors (Lipinski definition) is 1. The van der Waals surface area contributed by atoms with Crippen molar-refractivity contribution in [1.82, 2.24) is 4.98 Å². The van der Waals surface area contributed by atoms with Crippen LogP contribution in [-0.4, -0.2) is 18.1 Å². The van der Waals surface area contributed by atoms with E-state index in [-0.39, 0.29) is 0 Å². The van der Waals surface area contributed by atoms with Crippen LogP contribution >= 0.6 is 0 Å². The average molecular weight is 207 g/mol. The minimum Gasteiger partial charge on any atom is -0.370 e. The summed E-state index contributed by atoms with van der Waals surface area (Å²) in [4.78, 5) is 6.51. The molecular weight excluding hydrogens is 186 g/mol. The number of pyridine rings is 1. The van der Waals surface area contributed by atoms with E-state index in [0.717, 1.165) is 13.1 Å². The molecule has 15 heavy (non-hydrogen) atoms. The summed E-state index contributed by atoms with van der Waals surface area (Å²) >= 11 is 0. The second kappa shape index (κ2) is 5.71. The van der Waals surface area contributed by atoms with Crippen LogP contribution in [-0.2, 0) is 6.54 Å². The molecular formula is C12H21N3. The van der Waals surface area contributed by atoms with Crippen molar-refractivity contribution in [2.45, 2.75) is 27.3 Å². The maximum absolute atomic E-state index is 5.72. The van der Waals surface area contributed by atoms with Crippen molar-refractivity contribution in [2.24, 2.45) is 11.7 Å². The van der Waals surface area contributed by atoms with Gasteiger partial charge in [-0.1, -0.05) is 13.8 Å². The SMILES string of the molecule is CCN(CC(C)C)c1cnccc1CN. The maximum Gasteiger partial charge on any atom is 0.0598 e. The van der Waals surface area contributed by atoms with Gasteiger partial charge in [0.05, 0.1) is 11.9 Å². The summed E-state index contributed by atoms with van der Waals surface area (Å²) in [6, 6.07) is 2.00. The fourth-order valence-corrected chi connectivity index (χ4v) is 1.71. The van der Waals surface area contributed by atoms with E-state index in [1.165, 1.54) is 11.3 Å². The van der Waals surface area contributed by atoms with Crippen LogP contribution in [0.4, 0.5) is 5.69 Å². The van der Waals surface area contributed by atoms with Crippen LogP contribution in [0.2, 0.25) is 0 Å². The first-order valence-electron chi connectivity index (χ1n) is 5.57. The van der Waals surface area contributed by atoms with Crippen LogP contribution in [0.1, 0.15) is 26.3 Å². The van der Waals surface area contributed by atoms with Crippen LogP contribution < -0.4 is 10.6 Å². The highest BCUT2D eigenvalue weighted by molar-refractivity contribution is 5.51. The monoisotopic (exact) mass is 207 g/mol. The van der Waals surface area contributed by atoms with Gasteiger partial charge in [-0.25, -0.2) is 0 Å². The predicted molar refractivity (Wildman–Crippen MR) is 64.9 cm³/mol. The number of nitrogens with two attached hydrogens (primary N) is 1. The highest BCUT2D eigenvalue weighted by atomic mass is 15.1. The lowest BCUT2D eigenvalue weighted by atomic mass is 10.1. The zero-order chi connectivity index (χ0) is 11.3. The molecule has 0 spiro atoms. The van der Waals surface area contributed by atoms with Crippen LogP contribution in [0.25, 0.3) is 0 Å². The minimum absolute atomic E-state index is 0.576. The molecule has 3 nitrogen and oxygen atoms in total. The molecule has 0 amide bonds. The Labute approximate surface area is 92.3 Å². The van der Waals surface area contributed by atoms with Gasteiger partial charge in [0.15, 0.2) is 0 Å². The molecule has 0 aliphatic heterocycles. The van der Waals surface area contributed by atoms with Gasteiger partial charge in [0.1, 0.15) is 0 Å². The van der Waals surface area contributed by atoms with Crippen molar-refractivity contribution in [3.8, 4) is 0 Å². The fraction of sp³-hybridized carbons (Fsp3) is 0.583. The van der Waals surface area contributed by atoms with Gasteiger partial charge >= 0.3 is 0 Å². The van der Waals surface area contributed by atoms with E-state index in [2.05, 4.69) is 30.7 Å². The zero-order valence-corrected chi connectivity index (χ0v) is 9.90. The molecule has 1 rings (SSSR count). The van der Waals surface area contributed by atoms with Gasteiger partial charge in [-0.3, -0.25) is 4.98 Å². The van der Waals surface area contributed by atoms with Gasteiger partial charge in [-0.05, 0) is 24.5 Å². The molecule has 0 bridgehead atoms. The number of rotatable bonds is 5. The highest BCUT2D eigenvalue weighted by Gasteiger charge is 2.10. The Hall–Kier alpha value is -1.09. The van der Waals surface area contributed by atoms with E-state index in [9.17, 15) is 0 Å². The van der Waals surface area contributed by atoms with Crippen LogP contribution in [0.3, 0.4) is 0 Å². The number of hydrogen-bond acceptors (Lipinski definition) is 3. The Morgan fingerprint density at radius 3 is 2.73 bits per heavy atom. The highest BCUT2D eigenvalue weighted by Crippen LogP contribution is 2.19. The maximum atomic E-state index is 5.72. The summed E-state index contributed by atoms with van der Waals surface area (Å²) in [6.45, 7) is 9.23. The van der Waals surface area contributed by atoms with E-state index < -0.39 is 0 Å². The van der Waals surface area contributed by atoms with Gasteiger partial charge in [-0.2, -0.15) is 0 Å². The van der Waals surface area contributed by atoms with Crippen LogP contribution in [0.15, 0.2) is 18.5 Å². The minimum atomic E-state index is 0.576. The predicted octanol–water partition coefficient (Wildman–Crippen LogP) is 2.02. The molecule has 0 saturated heterocycles. The summed E-state index contributed by atoms with van der Waals surface area (Å²) in [5, 5.41) is 0. The molecule has 0 aliphatic rings. The van der Waals surface area contributed by atoms with E-state index >= 15 is 0 Å². The fourth-order valence-electron chi connectivity index (χ4n) is 1.71. The first-order valence-corrected chi connectivity index (χ1v) is 5.57. The summed E-state index contributed by atoms with van der Waals surface area (Å²) in [6.07, 6.45) is 3.71. The summed E-state index contributed by atoms with van der Waals surface area (Å²) in [7, 11) is 0. The molecule has 0 saturated carbocycles. The third kappa shape index (κ3) is 3.20. The molecule has 0 aliphatic carbocycles. The van der Waals surface area contributed by atoms with E-state index in [1.54, 1.807) is 6.20 Å². The molecule has 0 atom stereocenters. The Morgan fingerprint density at radius 2 is 2.20 bits per heavy atom. The van der Waals surface area contributed by atoms with E-state index in [4.69, 9.17) is 5.73 Å². The number of anilines is 1. The smallest absolute Gasteiger partial charge is 0.0598 e. The zero-order valence-electron chi connectivity index (χ0n) is 9.90. The van der Waals surface area contributed by atoms with Gasteiger partial charge in [0.25, 0.3) is 0 Å². The second-order valence-corrected chi connectivity index (χ2v) is 4.14. The van der Waals surface area contributed by atoms with E-state index in [1.807, 2.05) is 12.3 Å². The molecule has 0 aromatic carbocycles. The summed E-state index contributed by atoms with van der Waals surface area (Å²) in [5.41, 5.74) is 8.07. The third-order valence-electron chi connectivity index (χ3n) is 2.42. The topological polar surface area (TPSA) is 42.2 Å². The normalized spacial score (nSPS) is 10.7. The van der Waals surface area contributed by atoms with Crippen LogP contribution in [0.5, 0.6) is 0 Å². The molecule has 0 radical (unpaired) electrons. The van der Waals surface area contributed by atoms with Crippen molar-refractivity contribution >= 4 is 5.69 Å². The lowest BCUT2D eigenvalue weighted by Gasteiger charge is -2.26. The third-order valence-corrected chi connectivity index (χ3v) is 2.42. The van der Waals surface area contributed by atoms with Crippen molar-refractivity contribution in [1.29, 1.82) is 0 Å². The quantitative estimate of drug-likeness (QED) is 0.803. The molecule has 0 fully saturated rings. The van der Waals surface area contributed by atoms with Crippen LogP contribution in [0, 0.1) is 5.92 Å². The van der Waals surface area contributed by atoms with Gasteiger partial charge in [0, 0.05) is 25.8 Å². The second-order valence-electron chi connectivity index (χ2n) is 4.14. The van der Waals surface area contributed by atoms with Crippen molar-refractivity contribution in [3.63, 3.8) is 0 Å². The van der Waals surface area contributed by atoms with Crippen molar-refractivity contribution in [2.75, 3.05) is 18.0 Å². The molecule has 84 valence electrons. The molecule has 0 unspecified atom stereocenters. The standard InChI is InChI=1S/C12H21N3/c1-4-15(9-10(2)3)12-8-14-6-5-11(12)7-13/h5-6,8,10H,4,7,9,13H2,1-3H3. The van der Waals surface area contributed by atoms with Crippen molar-refractivity contribution in [3.05, 3.63) is 24.0 Å². The number of nitrogens with zero attached hydrogens (tertiary/aromatic N) is 2. The lowest BCUT2D eigenvalue weighted by Crippen LogP contribution is -2.28. The van der Waals surface area contributed by atoms with E-state index in [0.29, 0.717) is 12.5 Å². The largest absolute Gasteiger partial charge is 0.370 e. The Kier molecular flexibility index (Phi) is 4.56. The van der Waals surface area contributed by atoms with Gasteiger partial charge in [-0.15, -0.1) is 0 Å². The summed E-state index contributed by atoms with van der Waals surface area (Å²) in [5.74, 6) is 0.649. The van der Waals surface area contributed by atoms with Crippen molar-refractivity contribution < 1.29 is 0 Å². The molecule has 1 aromatic heterocycles. The molecule has 1 aromatic rings. The Balaban J connectivity index is 2.90. The lowest BCUT2D eigenvalue weighted by molar-refractivity contribution is 0.616. The van der Waals surface area contributed by atoms with Gasteiger partial charge in [0.2, 0.25) is 0 Å². The van der Waals surface area contributed by atoms with Gasteiger partial charge < -0.3 is 10.6 Å². The Morgan fingerprint density at radius 1 is 1.47 bits per heavy atom. The summed E-state index contributed by atoms with van der Waals surface area (Å²) < 4.78 is 0. The molecule has 2 N–H and O–H groups in total. The first-order chi connectivity index (χ1) is 7.19.